The fraction of sp³-hybridized carbons (Fsp3) is 0.267. The van der Waals surface area contributed by atoms with Gasteiger partial charge in [0, 0.05) is 43.4 Å². The van der Waals surface area contributed by atoms with Gasteiger partial charge in [-0.1, -0.05) is 48.5 Å². The van der Waals surface area contributed by atoms with Crippen LogP contribution >= 0.6 is 0 Å². The highest BCUT2D eigenvalue weighted by Crippen LogP contribution is 2.26. The van der Waals surface area contributed by atoms with Crippen molar-refractivity contribution in [2.45, 2.75) is 39.3 Å². The van der Waals surface area contributed by atoms with Gasteiger partial charge in [0.1, 0.15) is 5.69 Å². The van der Waals surface area contributed by atoms with E-state index in [-0.39, 0.29) is 17.6 Å². The molecule has 0 aliphatic carbocycles. The smallest absolute Gasteiger partial charge is 0.271 e. The molecular formula is C30H31N5O3. The minimum Gasteiger partial charge on any atom is -0.348 e. The summed E-state index contributed by atoms with van der Waals surface area (Å²) in [5.41, 5.74) is 5.88. The lowest BCUT2D eigenvalue weighted by Crippen LogP contribution is -2.44. The molecule has 194 valence electrons. The molecule has 1 aliphatic rings. The lowest BCUT2D eigenvalue weighted by Gasteiger charge is -2.32. The van der Waals surface area contributed by atoms with Gasteiger partial charge < -0.3 is 5.32 Å². The molecule has 0 bridgehead atoms. The Hall–Kier alpha value is -4.30. The Labute approximate surface area is 222 Å². The molecule has 2 heterocycles. The van der Waals surface area contributed by atoms with E-state index in [1.807, 2.05) is 38.1 Å². The molecule has 1 aromatic heterocycles. The topological polar surface area (TPSA) is 93.3 Å². The van der Waals surface area contributed by atoms with Crippen molar-refractivity contribution in [1.29, 1.82) is 0 Å². The lowest BCUT2D eigenvalue weighted by atomic mass is 10.0. The largest absolute Gasteiger partial charge is 0.348 e. The number of piperidine rings is 1. The monoisotopic (exact) mass is 509 g/mol. The Morgan fingerprint density at radius 3 is 2.45 bits per heavy atom. The van der Waals surface area contributed by atoms with Gasteiger partial charge in [0.05, 0.1) is 16.3 Å². The maximum Gasteiger partial charge on any atom is 0.271 e. The molecule has 5 rings (SSSR count). The molecule has 1 aliphatic heterocycles. The maximum atomic E-state index is 13.5. The fourth-order valence-electron chi connectivity index (χ4n) is 4.86. The SMILES string of the molecule is Cc1ccc(-c2cc(C(=O)NC3CCN(Cc4ccccc4)CC3)n(-c3cccc([N+](=O)[O-])c3)n2)cc1C. The highest BCUT2D eigenvalue weighted by atomic mass is 16.6. The van der Waals surface area contributed by atoms with Gasteiger partial charge >= 0.3 is 0 Å². The first-order valence-corrected chi connectivity index (χ1v) is 12.9. The Bertz CT molecular complexity index is 1460. The quantitative estimate of drug-likeness (QED) is 0.264. The van der Waals surface area contributed by atoms with Crippen LogP contribution in [-0.4, -0.2) is 44.6 Å². The molecule has 0 spiro atoms. The second kappa shape index (κ2) is 11.0. The van der Waals surface area contributed by atoms with E-state index in [1.54, 1.807) is 18.2 Å². The van der Waals surface area contributed by atoms with Crippen molar-refractivity contribution in [3.8, 4) is 16.9 Å². The van der Waals surface area contributed by atoms with Gasteiger partial charge in [-0.2, -0.15) is 5.10 Å². The summed E-state index contributed by atoms with van der Waals surface area (Å²) in [5.74, 6) is -0.236. The summed E-state index contributed by atoms with van der Waals surface area (Å²) in [7, 11) is 0. The van der Waals surface area contributed by atoms with Gasteiger partial charge in [-0.3, -0.25) is 19.8 Å². The highest BCUT2D eigenvalue weighted by molar-refractivity contribution is 5.94. The van der Waals surface area contributed by atoms with E-state index in [0.29, 0.717) is 17.1 Å². The summed E-state index contributed by atoms with van der Waals surface area (Å²) in [4.78, 5) is 26.9. The number of likely N-dealkylation sites (tertiary alicyclic amines) is 1. The molecular weight excluding hydrogens is 478 g/mol. The first-order valence-electron chi connectivity index (χ1n) is 12.9. The number of carbonyl (C=O) groups excluding carboxylic acids is 1. The van der Waals surface area contributed by atoms with E-state index in [0.717, 1.165) is 43.6 Å². The van der Waals surface area contributed by atoms with Gasteiger partial charge in [0.15, 0.2) is 0 Å². The third-order valence-electron chi connectivity index (χ3n) is 7.20. The fourth-order valence-corrected chi connectivity index (χ4v) is 4.86. The number of hydrogen-bond donors (Lipinski definition) is 1. The number of benzene rings is 3. The molecule has 0 unspecified atom stereocenters. The summed E-state index contributed by atoms with van der Waals surface area (Å²) in [6, 6.07) is 24.5. The summed E-state index contributed by atoms with van der Waals surface area (Å²) >= 11 is 0. The number of hydrogen-bond acceptors (Lipinski definition) is 5. The van der Waals surface area contributed by atoms with Crippen molar-refractivity contribution >= 4 is 11.6 Å². The number of non-ortho nitro benzene ring substituents is 1. The Morgan fingerprint density at radius 1 is 0.974 bits per heavy atom. The maximum absolute atomic E-state index is 13.5. The summed E-state index contributed by atoms with van der Waals surface area (Å²) in [5, 5.41) is 19.3. The molecule has 0 radical (unpaired) electrons. The van der Waals surface area contributed by atoms with Gasteiger partial charge in [-0.15, -0.1) is 0 Å². The zero-order valence-electron chi connectivity index (χ0n) is 21.6. The number of nitrogens with one attached hydrogen (secondary N) is 1. The molecule has 38 heavy (non-hydrogen) atoms. The van der Waals surface area contributed by atoms with Gasteiger partial charge in [0.25, 0.3) is 11.6 Å². The minimum atomic E-state index is -0.444. The van der Waals surface area contributed by atoms with Crippen LogP contribution in [0, 0.1) is 24.0 Å². The second-order valence-corrected chi connectivity index (χ2v) is 9.91. The van der Waals surface area contributed by atoms with Gasteiger partial charge in [0.2, 0.25) is 0 Å². The Balaban J connectivity index is 1.37. The van der Waals surface area contributed by atoms with Gasteiger partial charge in [-0.05, 0) is 61.6 Å². The third-order valence-corrected chi connectivity index (χ3v) is 7.20. The zero-order valence-corrected chi connectivity index (χ0v) is 21.6. The Morgan fingerprint density at radius 2 is 1.74 bits per heavy atom. The van der Waals surface area contributed by atoms with Crippen LogP contribution < -0.4 is 5.32 Å². The predicted octanol–water partition coefficient (Wildman–Crippen LogP) is 5.46. The van der Waals surface area contributed by atoms with Crippen LogP contribution in [0.5, 0.6) is 0 Å². The minimum absolute atomic E-state index is 0.0491. The molecule has 1 amide bonds. The first-order chi connectivity index (χ1) is 18.4. The van der Waals surface area contributed by atoms with Crippen molar-refractivity contribution in [1.82, 2.24) is 20.0 Å². The molecule has 8 heteroatoms. The average molecular weight is 510 g/mol. The molecule has 1 fully saturated rings. The molecule has 1 saturated heterocycles. The van der Waals surface area contributed by atoms with Crippen LogP contribution in [0.1, 0.15) is 40.0 Å². The summed E-state index contributed by atoms with van der Waals surface area (Å²) in [6.45, 7) is 6.79. The standard InChI is InChI=1S/C30H31N5O3/c1-21-11-12-24(17-22(21)2)28-19-29(34(32-28)26-9-6-10-27(18-26)35(37)38)30(36)31-25-13-15-33(16-14-25)20-23-7-4-3-5-8-23/h3-12,17-19,25H,13-16,20H2,1-2H3,(H,31,36). The number of carbonyl (C=O) groups is 1. The van der Waals surface area contributed by atoms with E-state index in [1.165, 1.54) is 27.9 Å². The van der Waals surface area contributed by atoms with Crippen LogP contribution in [-0.2, 0) is 6.54 Å². The molecule has 8 nitrogen and oxygen atoms in total. The van der Waals surface area contributed by atoms with Crippen LogP contribution in [0.15, 0.2) is 78.9 Å². The van der Waals surface area contributed by atoms with E-state index >= 15 is 0 Å². The van der Waals surface area contributed by atoms with Crippen LogP contribution in [0.2, 0.25) is 0 Å². The van der Waals surface area contributed by atoms with Crippen molar-refractivity contribution in [3.05, 3.63) is 111 Å². The normalized spacial score (nSPS) is 14.4. The third kappa shape index (κ3) is 5.65. The van der Waals surface area contributed by atoms with Crippen molar-refractivity contribution in [2.24, 2.45) is 0 Å². The number of nitro benzene ring substituents is 1. The number of nitrogens with zero attached hydrogens (tertiary/aromatic N) is 4. The molecule has 4 aromatic rings. The average Bonchev–Trinajstić information content (AvgIpc) is 3.38. The molecule has 3 aromatic carbocycles. The lowest BCUT2D eigenvalue weighted by molar-refractivity contribution is -0.384. The number of aryl methyl sites for hydroxylation is 2. The highest BCUT2D eigenvalue weighted by Gasteiger charge is 2.24. The number of aromatic nitrogens is 2. The van der Waals surface area contributed by atoms with Crippen molar-refractivity contribution < 1.29 is 9.72 Å². The van der Waals surface area contributed by atoms with Crippen molar-refractivity contribution in [3.63, 3.8) is 0 Å². The van der Waals surface area contributed by atoms with Gasteiger partial charge in [-0.25, -0.2) is 4.68 Å². The first kappa shape index (κ1) is 25.4. The van der Waals surface area contributed by atoms with E-state index in [9.17, 15) is 14.9 Å². The number of rotatable bonds is 7. The number of nitro groups is 1. The second-order valence-electron chi connectivity index (χ2n) is 9.91. The van der Waals surface area contributed by atoms with Crippen LogP contribution in [0.3, 0.4) is 0 Å². The van der Waals surface area contributed by atoms with Crippen molar-refractivity contribution in [2.75, 3.05) is 13.1 Å². The Kier molecular flexibility index (Phi) is 7.33. The van der Waals surface area contributed by atoms with E-state index < -0.39 is 4.92 Å². The van der Waals surface area contributed by atoms with Crippen LogP contribution in [0.4, 0.5) is 5.69 Å². The summed E-state index contributed by atoms with van der Waals surface area (Å²) in [6.07, 6.45) is 1.71. The zero-order chi connectivity index (χ0) is 26.6. The van der Waals surface area contributed by atoms with E-state index in [4.69, 9.17) is 5.10 Å². The summed E-state index contributed by atoms with van der Waals surface area (Å²) < 4.78 is 1.51. The number of amides is 1. The van der Waals surface area contributed by atoms with E-state index in [2.05, 4.69) is 34.5 Å². The molecule has 0 saturated carbocycles. The molecule has 1 N–H and O–H groups in total. The molecule has 0 atom stereocenters. The van der Waals surface area contributed by atoms with Crippen LogP contribution in [0.25, 0.3) is 16.9 Å². The predicted molar refractivity (Wildman–Crippen MR) is 147 cm³/mol.